The van der Waals surface area contributed by atoms with Crippen LogP contribution in [-0.4, -0.2) is 11.9 Å². The van der Waals surface area contributed by atoms with Crippen LogP contribution >= 0.6 is 0 Å². The van der Waals surface area contributed by atoms with E-state index >= 15 is 0 Å². The Morgan fingerprint density at radius 2 is 1.07 bits per heavy atom. The van der Waals surface area contributed by atoms with Crippen LogP contribution in [0.3, 0.4) is 0 Å². The fourth-order valence-electron chi connectivity index (χ4n) is 3.19. The van der Waals surface area contributed by atoms with E-state index in [1.165, 1.54) is 0 Å². The van der Waals surface area contributed by atoms with Crippen molar-refractivity contribution in [3.05, 3.63) is 96.6 Å². The minimum Gasteiger partial charge on any atom is -0.426 e. The first kappa shape index (κ1) is 20.3. The molecule has 4 heteroatoms. The Balaban J connectivity index is 1.99. The van der Waals surface area contributed by atoms with Gasteiger partial charge in [-0.3, -0.25) is 9.59 Å². The molecule has 0 aromatic heterocycles. The third kappa shape index (κ3) is 4.72. The molecule has 0 saturated heterocycles. The van der Waals surface area contributed by atoms with Crippen molar-refractivity contribution in [3.8, 4) is 11.5 Å². The summed E-state index contributed by atoms with van der Waals surface area (Å²) in [6.45, 7) is 3.67. The average molecular weight is 388 g/mol. The van der Waals surface area contributed by atoms with Crippen LogP contribution in [0.1, 0.15) is 19.4 Å². The van der Waals surface area contributed by atoms with E-state index < -0.39 is 17.4 Å². The molecule has 3 rings (SSSR count). The molecular weight excluding hydrogens is 364 g/mol. The molecule has 0 fully saturated rings. The van der Waals surface area contributed by atoms with E-state index in [9.17, 15) is 9.59 Å². The molecule has 0 heterocycles. The first-order valence-corrected chi connectivity index (χ1v) is 9.61. The van der Waals surface area contributed by atoms with Crippen LogP contribution in [0, 0.1) is 11.3 Å². The molecule has 0 aliphatic carbocycles. The molecule has 0 unspecified atom stereocenters. The van der Waals surface area contributed by atoms with Crippen LogP contribution in [0.25, 0.3) is 0 Å². The SMILES string of the molecule is CC(C)C(Cc1ccccc1)(C(=O)Oc1ccccc1)C(=O)Oc1ccccc1. The summed E-state index contributed by atoms with van der Waals surface area (Å²) in [5.74, 6) is -0.812. The number of carbonyl (C=O) groups excluding carboxylic acids is 2. The van der Waals surface area contributed by atoms with Gasteiger partial charge in [0.25, 0.3) is 0 Å². The van der Waals surface area contributed by atoms with E-state index in [0.29, 0.717) is 11.5 Å². The molecule has 3 aromatic carbocycles. The lowest BCUT2D eigenvalue weighted by Gasteiger charge is -2.32. The Kier molecular flexibility index (Phi) is 6.45. The van der Waals surface area contributed by atoms with Gasteiger partial charge in [0.2, 0.25) is 0 Å². The van der Waals surface area contributed by atoms with E-state index in [-0.39, 0.29) is 12.3 Å². The number of esters is 2. The highest BCUT2D eigenvalue weighted by atomic mass is 16.6. The molecule has 0 N–H and O–H groups in total. The Hall–Kier alpha value is -3.40. The zero-order chi connectivity index (χ0) is 20.7. The number of ether oxygens (including phenoxy) is 2. The summed E-state index contributed by atoms with van der Waals surface area (Å²) in [6, 6.07) is 27.0. The summed E-state index contributed by atoms with van der Waals surface area (Å²) in [4.78, 5) is 26.8. The summed E-state index contributed by atoms with van der Waals surface area (Å²) in [5.41, 5.74) is -0.635. The van der Waals surface area contributed by atoms with Gasteiger partial charge in [-0.2, -0.15) is 0 Å². The second kappa shape index (κ2) is 9.20. The number of rotatable bonds is 7. The van der Waals surface area contributed by atoms with Crippen molar-refractivity contribution in [1.82, 2.24) is 0 Å². The molecule has 0 aliphatic heterocycles. The van der Waals surface area contributed by atoms with Crippen molar-refractivity contribution in [3.63, 3.8) is 0 Å². The minimum absolute atomic E-state index is 0.183. The predicted molar refractivity (Wildman–Crippen MR) is 112 cm³/mol. The quantitative estimate of drug-likeness (QED) is 0.322. The summed E-state index contributed by atoms with van der Waals surface area (Å²) in [5, 5.41) is 0. The van der Waals surface area contributed by atoms with E-state index in [1.807, 2.05) is 56.3 Å². The topological polar surface area (TPSA) is 52.6 Å². The first-order valence-electron chi connectivity index (χ1n) is 9.61. The molecule has 0 spiro atoms. The second-order valence-electron chi connectivity index (χ2n) is 7.19. The average Bonchev–Trinajstić information content (AvgIpc) is 2.73. The summed E-state index contributed by atoms with van der Waals surface area (Å²) in [7, 11) is 0. The molecule has 0 saturated carbocycles. The smallest absolute Gasteiger partial charge is 0.329 e. The Labute approximate surface area is 171 Å². The molecule has 0 bridgehead atoms. The second-order valence-corrected chi connectivity index (χ2v) is 7.19. The summed E-state index contributed by atoms with van der Waals surface area (Å²) in [6.07, 6.45) is 0.183. The van der Waals surface area contributed by atoms with E-state index in [2.05, 4.69) is 0 Å². The highest BCUT2D eigenvalue weighted by Crippen LogP contribution is 2.36. The zero-order valence-corrected chi connectivity index (χ0v) is 16.6. The molecular formula is C25H24O4. The Bertz CT molecular complexity index is 881. The maximum atomic E-state index is 13.4. The molecule has 0 atom stereocenters. The molecule has 0 aliphatic rings. The van der Waals surface area contributed by atoms with E-state index in [0.717, 1.165) is 5.56 Å². The lowest BCUT2D eigenvalue weighted by atomic mass is 9.72. The number of hydrogen-bond donors (Lipinski definition) is 0. The fraction of sp³-hybridized carbons (Fsp3) is 0.200. The van der Waals surface area contributed by atoms with Gasteiger partial charge >= 0.3 is 11.9 Å². The fourth-order valence-corrected chi connectivity index (χ4v) is 3.19. The van der Waals surface area contributed by atoms with Gasteiger partial charge in [-0.15, -0.1) is 0 Å². The van der Waals surface area contributed by atoms with Gasteiger partial charge in [-0.05, 0) is 42.2 Å². The highest BCUT2D eigenvalue weighted by molar-refractivity contribution is 6.02. The van der Waals surface area contributed by atoms with Gasteiger partial charge in [0.15, 0.2) is 5.41 Å². The third-order valence-corrected chi connectivity index (χ3v) is 4.95. The first-order chi connectivity index (χ1) is 14.0. The van der Waals surface area contributed by atoms with Crippen molar-refractivity contribution >= 4 is 11.9 Å². The molecule has 4 nitrogen and oxygen atoms in total. The minimum atomic E-state index is -1.49. The van der Waals surface area contributed by atoms with Gasteiger partial charge in [-0.25, -0.2) is 0 Å². The maximum absolute atomic E-state index is 13.4. The Morgan fingerprint density at radius 3 is 1.45 bits per heavy atom. The van der Waals surface area contributed by atoms with Crippen LogP contribution in [0.5, 0.6) is 11.5 Å². The number of benzene rings is 3. The van der Waals surface area contributed by atoms with Crippen LogP contribution in [0.15, 0.2) is 91.0 Å². The number of carbonyl (C=O) groups is 2. The normalized spacial score (nSPS) is 11.1. The molecule has 148 valence electrons. The molecule has 3 aromatic rings. The van der Waals surface area contributed by atoms with Crippen molar-refractivity contribution in [2.45, 2.75) is 20.3 Å². The largest absolute Gasteiger partial charge is 0.426 e. The van der Waals surface area contributed by atoms with Crippen molar-refractivity contribution in [2.75, 3.05) is 0 Å². The zero-order valence-electron chi connectivity index (χ0n) is 16.6. The molecule has 0 amide bonds. The van der Waals surface area contributed by atoms with Gasteiger partial charge < -0.3 is 9.47 Å². The van der Waals surface area contributed by atoms with Gasteiger partial charge in [0, 0.05) is 0 Å². The lowest BCUT2D eigenvalue weighted by Crippen LogP contribution is -2.50. The summed E-state index contributed by atoms with van der Waals surface area (Å²) < 4.78 is 11.3. The highest BCUT2D eigenvalue weighted by Gasteiger charge is 2.52. The van der Waals surface area contributed by atoms with Crippen molar-refractivity contribution in [1.29, 1.82) is 0 Å². The predicted octanol–water partition coefficient (Wildman–Crippen LogP) is 5.08. The van der Waals surface area contributed by atoms with Crippen LogP contribution in [0.4, 0.5) is 0 Å². The van der Waals surface area contributed by atoms with Gasteiger partial charge in [0.05, 0.1) is 0 Å². The van der Waals surface area contributed by atoms with Crippen LogP contribution in [0.2, 0.25) is 0 Å². The molecule has 0 radical (unpaired) electrons. The van der Waals surface area contributed by atoms with Gasteiger partial charge in [0.1, 0.15) is 11.5 Å². The third-order valence-electron chi connectivity index (χ3n) is 4.95. The van der Waals surface area contributed by atoms with Gasteiger partial charge in [-0.1, -0.05) is 80.6 Å². The van der Waals surface area contributed by atoms with E-state index in [4.69, 9.17) is 9.47 Å². The van der Waals surface area contributed by atoms with Crippen molar-refractivity contribution in [2.24, 2.45) is 11.3 Å². The summed E-state index contributed by atoms with van der Waals surface area (Å²) >= 11 is 0. The van der Waals surface area contributed by atoms with E-state index in [1.54, 1.807) is 48.5 Å². The van der Waals surface area contributed by atoms with Crippen LogP contribution in [-0.2, 0) is 16.0 Å². The standard InChI is InChI=1S/C25H24O4/c1-19(2)25(18-20-12-6-3-7-13-20,23(26)28-21-14-8-4-9-15-21)24(27)29-22-16-10-5-11-17-22/h3-17,19H,18H2,1-2H3. The number of para-hydroxylation sites is 2. The Morgan fingerprint density at radius 1 is 0.690 bits per heavy atom. The monoisotopic (exact) mass is 388 g/mol. The maximum Gasteiger partial charge on any atom is 0.329 e. The molecule has 29 heavy (non-hydrogen) atoms. The lowest BCUT2D eigenvalue weighted by molar-refractivity contribution is -0.164. The van der Waals surface area contributed by atoms with Crippen molar-refractivity contribution < 1.29 is 19.1 Å². The number of hydrogen-bond acceptors (Lipinski definition) is 4. The van der Waals surface area contributed by atoms with Crippen LogP contribution < -0.4 is 9.47 Å².